The second-order valence-corrected chi connectivity index (χ2v) is 4.19. The van der Waals surface area contributed by atoms with E-state index in [-0.39, 0.29) is 19.6 Å². The average Bonchev–Trinajstić information content (AvgIpc) is 2.33. The van der Waals surface area contributed by atoms with Crippen LogP contribution in [0.5, 0.6) is 0 Å². The molecular formula is C11H16N2O9. The summed E-state index contributed by atoms with van der Waals surface area (Å²) < 4.78 is 4.03. The lowest BCUT2D eigenvalue weighted by Crippen LogP contribution is -2.43. The van der Waals surface area contributed by atoms with Crippen LogP contribution in [-0.2, 0) is 28.7 Å². The lowest BCUT2D eigenvalue weighted by Gasteiger charge is -2.23. The number of carbonyl (C=O) groups is 5. The van der Waals surface area contributed by atoms with Gasteiger partial charge >= 0.3 is 30.3 Å². The normalized spacial score (nSPS) is 10.5. The van der Waals surface area contributed by atoms with Crippen LogP contribution >= 0.6 is 0 Å². The zero-order chi connectivity index (χ0) is 17.1. The van der Waals surface area contributed by atoms with Crippen LogP contribution in [0.3, 0.4) is 0 Å². The van der Waals surface area contributed by atoms with Crippen LogP contribution in [0.25, 0.3) is 0 Å². The van der Waals surface area contributed by atoms with Gasteiger partial charge in [0, 0.05) is 13.1 Å². The Morgan fingerprint density at radius 3 is 1.45 bits per heavy atom. The van der Waals surface area contributed by atoms with E-state index in [4.69, 9.17) is 15.3 Å². The third kappa shape index (κ3) is 10.3. The van der Waals surface area contributed by atoms with Gasteiger partial charge in [-0.3, -0.25) is 33.8 Å². The van der Waals surface area contributed by atoms with E-state index in [0.717, 1.165) is 9.80 Å². The summed E-state index contributed by atoms with van der Waals surface area (Å²) >= 11 is 0. The highest BCUT2D eigenvalue weighted by atomic mass is 16.6. The minimum absolute atomic E-state index is 0.0948. The van der Waals surface area contributed by atoms with E-state index >= 15 is 0 Å². The highest BCUT2D eigenvalue weighted by molar-refractivity contribution is 5.79. The van der Waals surface area contributed by atoms with Crippen LogP contribution in [0.2, 0.25) is 0 Å². The predicted molar refractivity (Wildman–Crippen MR) is 67.9 cm³/mol. The standard InChI is InChI=1S/C11H16N2O9/c14-7-22-11(21)6-13(5-10(19)20)2-1-12(3-8(15)16)4-9(17)18/h7H,1-6H2,(H,15,16)(H,17,18)(H,19,20). The maximum Gasteiger partial charge on any atom is 0.327 e. The van der Waals surface area contributed by atoms with Crippen molar-refractivity contribution in [1.29, 1.82) is 0 Å². The van der Waals surface area contributed by atoms with Gasteiger partial charge in [0.05, 0.1) is 26.2 Å². The molecule has 0 saturated carbocycles. The fourth-order valence-corrected chi connectivity index (χ4v) is 1.56. The van der Waals surface area contributed by atoms with Crippen LogP contribution in [0.15, 0.2) is 0 Å². The summed E-state index contributed by atoms with van der Waals surface area (Å²) in [5.74, 6) is -4.71. The Bertz CT molecular complexity index is 421. The van der Waals surface area contributed by atoms with E-state index in [1.165, 1.54) is 0 Å². The van der Waals surface area contributed by atoms with Gasteiger partial charge in [0.2, 0.25) is 0 Å². The maximum absolute atomic E-state index is 11.1. The minimum Gasteiger partial charge on any atom is -0.480 e. The van der Waals surface area contributed by atoms with Gasteiger partial charge in [0.1, 0.15) is 0 Å². The van der Waals surface area contributed by atoms with Crippen molar-refractivity contribution in [3.8, 4) is 0 Å². The summed E-state index contributed by atoms with van der Waals surface area (Å²) in [5.41, 5.74) is 0. The smallest absolute Gasteiger partial charge is 0.327 e. The molecule has 0 saturated heterocycles. The lowest BCUT2D eigenvalue weighted by atomic mass is 10.4. The largest absolute Gasteiger partial charge is 0.480 e. The Hall–Kier alpha value is -2.53. The van der Waals surface area contributed by atoms with Crippen molar-refractivity contribution < 1.29 is 44.0 Å². The second kappa shape index (κ2) is 10.2. The highest BCUT2D eigenvalue weighted by Gasteiger charge is 2.18. The van der Waals surface area contributed by atoms with Crippen molar-refractivity contribution in [1.82, 2.24) is 9.80 Å². The van der Waals surface area contributed by atoms with Crippen LogP contribution in [0.4, 0.5) is 0 Å². The molecule has 0 radical (unpaired) electrons. The van der Waals surface area contributed by atoms with Crippen molar-refractivity contribution >= 4 is 30.3 Å². The highest BCUT2D eigenvalue weighted by Crippen LogP contribution is 1.95. The number of rotatable bonds is 12. The van der Waals surface area contributed by atoms with Gasteiger partial charge < -0.3 is 20.1 Å². The van der Waals surface area contributed by atoms with E-state index in [9.17, 15) is 24.0 Å². The number of carboxylic acid groups (broad SMARTS) is 3. The molecule has 0 aliphatic heterocycles. The fraction of sp³-hybridized carbons (Fsp3) is 0.545. The first-order valence-electron chi connectivity index (χ1n) is 5.97. The Morgan fingerprint density at radius 1 is 0.773 bits per heavy atom. The molecule has 0 unspecified atom stereocenters. The summed E-state index contributed by atoms with van der Waals surface area (Å²) in [4.78, 5) is 55.2. The number of carbonyl (C=O) groups excluding carboxylic acids is 2. The SMILES string of the molecule is O=COC(=O)CN(CCN(CC(=O)O)CC(=O)O)CC(=O)O. The number of aliphatic carboxylic acids is 3. The molecule has 0 heterocycles. The molecule has 0 aromatic rings. The molecule has 0 aliphatic rings. The first kappa shape index (κ1) is 19.5. The Labute approximate surface area is 124 Å². The van der Waals surface area contributed by atoms with E-state index in [1.807, 2.05) is 0 Å². The number of nitrogens with zero attached hydrogens (tertiary/aromatic N) is 2. The van der Waals surface area contributed by atoms with Gasteiger partial charge in [0.25, 0.3) is 0 Å². The molecule has 0 aromatic heterocycles. The van der Waals surface area contributed by atoms with Crippen molar-refractivity contribution in [3.63, 3.8) is 0 Å². The number of hydrogen-bond donors (Lipinski definition) is 3. The van der Waals surface area contributed by atoms with E-state index in [2.05, 4.69) is 4.74 Å². The van der Waals surface area contributed by atoms with Gasteiger partial charge in [0.15, 0.2) is 0 Å². The fourth-order valence-electron chi connectivity index (χ4n) is 1.56. The van der Waals surface area contributed by atoms with Crippen molar-refractivity contribution in [2.45, 2.75) is 0 Å². The molecule has 0 aliphatic carbocycles. The van der Waals surface area contributed by atoms with Crippen LogP contribution < -0.4 is 0 Å². The van der Waals surface area contributed by atoms with Gasteiger partial charge in [-0.2, -0.15) is 0 Å². The van der Waals surface area contributed by atoms with E-state index in [1.54, 1.807) is 0 Å². The summed E-state index contributed by atoms with van der Waals surface area (Å²) in [6.45, 7) is -2.44. The average molecular weight is 320 g/mol. The van der Waals surface area contributed by atoms with Crippen LogP contribution in [-0.4, -0.2) is 94.7 Å². The Kier molecular flexibility index (Phi) is 9.06. The van der Waals surface area contributed by atoms with E-state index < -0.39 is 50.1 Å². The van der Waals surface area contributed by atoms with Crippen molar-refractivity contribution in [2.75, 3.05) is 39.3 Å². The number of hydrogen-bond acceptors (Lipinski definition) is 8. The van der Waals surface area contributed by atoms with Gasteiger partial charge in [-0.1, -0.05) is 0 Å². The molecule has 0 bridgehead atoms. The maximum atomic E-state index is 11.1. The predicted octanol–water partition coefficient (Wildman–Crippen LogP) is -2.46. The van der Waals surface area contributed by atoms with Crippen molar-refractivity contribution in [2.24, 2.45) is 0 Å². The molecule has 22 heavy (non-hydrogen) atoms. The van der Waals surface area contributed by atoms with Crippen molar-refractivity contribution in [3.05, 3.63) is 0 Å². The third-order valence-electron chi connectivity index (χ3n) is 2.34. The molecule has 0 atom stereocenters. The van der Waals surface area contributed by atoms with Crippen LogP contribution in [0, 0.1) is 0 Å². The topological polar surface area (TPSA) is 162 Å². The molecule has 0 fully saturated rings. The zero-order valence-corrected chi connectivity index (χ0v) is 11.5. The number of carboxylic acids is 3. The first-order chi connectivity index (χ1) is 10.2. The number of ether oxygens (including phenoxy) is 1. The summed E-state index contributed by atoms with van der Waals surface area (Å²) in [6.07, 6.45) is 0. The molecule has 0 amide bonds. The van der Waals surface area contributed by atoms with Gasteiger partial charge in [-0.15, -0.1) is 0 Å². The second-order valence-electron chi connectivity index (χ2n) is 4.19. The molecule has 11 nitrogen and oxygen atoms in total. The monoisotopic (exact) mass is 320 g/mol. The third-order valence-corrected chi connectivity index (χ3v) is 2.34. The molecular weight excluding hydrogens is 304 g/mol. The molecule has 124 valence electrons. The molecule has 3 N–H and O–H groups in total. The minimum atomic E-state index is -1.25. The molecule has 0 spiro atoms. The molecule has 11 heteroatoms. The first-order valence-corrected chi connectivity index (χ1v) is 5.97. The summed E-state index contributed by atoms with van der Waals surface area (Å²) in [7, 11) is 0. The van der Waals surface area contributed by atoms with Gasteiger partial charge in [-0.25, -0.2) is 0 Å². The molecule has 0 rings (SSSR count). The Balaban J connectivity index is 4.62. The zero-order valence-electron chi connectivity index (χ0n) is 11.5. The van der Waals surface area contributed by atoms with Crippen LogP contribution in [0.1, 0.15) is 0 Å². The van der Waals surface area contributed by atoms with Gasteiger partial charge in [-0.05, 0) is 0 Å². The lowest BCUT2D eigenvalue weighted by molar-refractivity contribution is -0.153. The quantitative estimate of drug-likeness (QED) is 0.199. The Morgan fingerprint density at radius 2 is 1.14 bits per heavy atom. The molecule has 0 aromatic carbocycles. The number of esters is 1. The summed E-state index contributed by atoms with van der Waals surface area (Å²) in [6, 6.07) is 0. The van der Waals surface area contributed by atoms with E-state index in [0.29, 0.717) is 0 Å². The summed E-state index contributed by atoms with van der Waals surface area (Å²) in [5, 5.41) is 26.1.